The van der Waals surface area contributed by atoms with Crippen molar-refractivity contribution >= 4 is 17.1 Å². The quantitative estimate of drug-likeness (QED) is 0.874. The van der Waals surface area contributed by atoms with Crippen LogP contribution in [0.25, 0.3) is 11.0 Å². The van der Waals surface area contributed by atoms with Gasteiger partial charge >= 0.3 is 6.09 Å². The van der Waals surface area contributed by atoms with Gasteiger partial charge in [0.2, 0.25) is 0 Å². The molecule has 0 aromatic carbocycles. The van der Waals surface area contributed by atoms with Crippen LogP contribution >= 0.6 is 0 Å². The molecule has 1 fully saturated rings. The maximum absolute atomic E-state index is 12.1. The fourth-order valence-electron chi connectivity index (χ4n) is 3.01. The van der Waals surface area contributed by atoms with E-state index in [9.17, 15) is 4.79 Å². The van der Waals surface area contributed by atoms with Gasteiger partial charge in [-0.05, 0) is 57.2 Å². The highest BCUT2D eigenvalue weighted by atomic mass is 16.6. The van der Waals surface area contributed by atoms with E-state index in [-0.39, 0.29) is 6.09 Å². The molecule has 0 spiro atoms. The first-order chi connectivity index (χ1) is 10.4. The number of carbonyl (C=O) groups is 1. The van der Waals surface area contributed by atoms with E-state index in [1.165, 1.54) is 10.9 Å². The Morgan fingerprint density at radius 2 is 2.09 bits per heavy atom. The molecule has 3 heterocycles. The topological polar surface area (TPSA) is 58.2 Å². The first-order valence-corrected chi connectivity index (χ1v) is 7.84. The van der Waals surface area contributed by atoms with Crippen molar-refractivity contribution in [3.05, 3.63) is 30.1 Å². The van der Waals surface area contributed by atoms with E-state index < -0.39 is 5.60 Å². The third-order valence-electron chi connectivity index (χ3n) is 4.07. The highest BCUT2D eigenvalue weighted by Gasteiger charge is 2.28. The van der Waals surface area contributed by atoms with E-state index in [2.05, 4.69) is 22.2 Å². The van der Waals surface area contributed by atoms with Crippen molar-refractivity contribution in [2.45, 2.75) is 45.1 Å². The molecule has 1 aliphatic heterocycles. The standard InChI is InChI=1S/C17H23N3O2/c1-17(2,3)22-16(21)20-9-6-12(7-10-20)14-11-19-15-13(14)5-4-8-18-15/h4-5,8,11-12H,6-7,9-10H2,1-3H3,(H,18,19). The van der Waals surface area contributed by atoms with Crippen molar-refractivity contribution in [2.75, 3.05) is 13.1 Å². The van der Waals surface area contributed by atoms with Gasteiger partial charge in [0.15, 0.2) is 0 Å². The average Bonchev–Trinajstić information content (AvgIpc) is 2.89. The molecule has 0 aliphatic carbocycles. The van der Waals surface area contributed by atoms with Gasteiger partial charge in [0.05, 0.1) is 0 Å². The van der Waals surface area contributed by atoms with E-state index in [4.69, 9.17) is 4.74 Å². The van der Waals surface area contributed by atoms with Gasteiger partial charge in [-0.25, -0.2) is 9.78 Å². The Kier molecular flexibility index (Phi) is 3.81. The molecule has 0 saturated carbocycles. The summed E-state index contributed by atoms with van der Waals surface area (Å²) in [6, 6.07) is 4.07. The van der Waals surface area contributed by atoms with Crippen LogP contribution < -0.4 is 0 Å². The molecule has 1 saturated heterocycles. The summed E-state index contributed by atoms with van der Waals surface area (Å²) in [6.07, 6.45) is 5.58. The Balaban J connectivity index is 1.66. The molecule has 118 valence electrons. The second kappa shape index (κ2) is 5.63. The lowest BCUT2D eigenvalue weighted by molar-refractivity contribution is 0.0205. The molecule has 5 heteroatoms. The van der Waals surface area contributed by atoms with Crippen molar-refractivity contribution in [2.24, 2.45) is 0 Å². The molecule has 22 heavy (non-hydrogen) atoms. The first-order valence-electron chi connectivity index (χ1n) is 7.84. The molecule has 5 nitrogen and oxygen atoms in total. The minimum absolute atomic E-state index is 0.202. The molecule has 2 aromatic rings. The highest BCUT2D eigenvalue weighted by Crippen LogP contribution is 2.32. The van der Waals surface area contributed by atoms with Crippen LogP contribution in [0.3, 0.4) is 0 Å². The van der Waals surface area contributed by atoms with E-state index in [0.717, 1.165) is 31.6 Å². The van der Waals surface area contributed by atoms with Gasteiger partial charge in [0.1, 0.15) is 11.2 Å². The van der Waals surface area contributed by atoms with E-state index in [1.54, 1.807) is 6.20 Å². The van der Waals surface area contributed by atoms with Crippen LogP contribution in [-0.4, -0.2) is 39.7 Å². The maximum atomic E-state index is 12.1. The number of likely N-dealkylation sites (tertiary alicyclic amines) is 1. The zero-order chi connectivity index (χ0) is 15.7. The second-order valence-electron chi connectivity index (χ2n) is 6.89. The molecule has 0 atom stereocenters. The zero-order valence-electron chi connectivity index (χ0n) is 13.4. The van der Waals surface area contributed by atoms with Crippen LogP contribution in [0.15, 0.2) is 24.5 Å². The fourth-order valence-corrected chi connectivity index (χ4v) is 3.01. The largest absolute Gasteiger partial charge is 0.444 e. The summed E-state index contributed by atoms with van der Waals surface area (Å²) in [5.74, 6) is 0.469. The first kappa shape index (κ1) is 14.9. The fraction of sp³-hybridized carbons (Fsp3) is 0.529. The molecule has 0 radical (unpaired) electrons. The maximum Gasteiger partial charge on any atom is 0.410 e. The molecule has 1 N–H and O–H groups in total. The molecule has 3 rings (SSSR count). The number of nitrogens with zero attached hydrogens (tertiary/aromatic N) is 2. The van der Waals surface area contributed by atoms with Gasteiger partial charge in [-0.3, -0.25) is 0 Å². The summed E-state index contributed by atoms with van der Waals surface area (Å²) in [5.41, 5.74) is 1.81. The van der Waals surface area contributed by atoms with Crippen molar-refractivity contribution < 1.29 is 9.53 Å². The Hall–Kier alpha value is -2.04. The van der Waals surface area contributed by atoms with E-state index in [1.807, 2.05) is 31.7 Å². The predicted molar refractivity (Wildman–Crippen MR) is 85.9 cm³/mol. The smallest absolute Gasteiger partial charge is 0.410 e. The Labute approximate surface area is 130 Å². The lowest BCUT2D eigenvalue weighted by atomic mass is 9.90. The van der Waals surface area contributed by atoms with Crippen LogP contribution in [0.2, 0.25) is 0 Å². The number of amides is 1. The molecular formula is C17H23N3O2. The SMILES string of the molecule is CC(C)(C)OC(=O)N1CCC(c2c[nH]c3ncccc23)CC1. The summed E-state index contributed by atoms with van der Waals surface area (Å²) in [6.45, 7) is 7.18. The monoisotopic (exact) mass is 301 g/mol. The number of carbonyl (C=O) groups excluding carboxylic acids is 1. The third kappa shape index (κ3) is 3.08. The zero-order valence-corrected chi connectivity index (χ0v) is 13.4. The van der Waals surface area contributed by atoms with Gasteiger partial charge in [0.25, 0.3) is 0 Å². The molecular weight excluding hydrogens is 278 g/mol. The normalized spacial score (nSPS) is 17.0. The number of aromatic amines is 1. The number of aromatic nitrogens is 2. The molecule has 1 amide bonds. The van der Waals surface area contributed by atoms with Gasteiger partial charge in [-0.1, -0.05) is 0 Å². The van der Waals surface area contributed by atoms with E-state index >= 15 is 0 Å². The number of ether oxygens (including phenoxy) is 1. The van der Waals surface area contributed by atoms with Gasteiger partial charge in [0, 0.05) is 30.9 Å². The second-order valence-corrected chi connectivity index (χ2v) is 6.89. The number of H-pyrrole nitrogens is 1. The lowest BCUT2D eigenvalue weighted by Gasteiger charge is -2.33. The predicted octanol–water partition coefficient (Wildman–Crippen LogP) is 3.68. The molecule has 0 bridgehead atoms. The minimum atomic E-state index is -0.434. The van der Waals surface area contributed by atoms with Crippen LogP contribution in [0, 0.1) is 0 Å². The summed E-state index contributed by atoms with van der Waals surface area (Å²) >= 11 is 0. The van der Waals surface area contributed by atoms with Crippen molar-refractivity contribution in [1.29, 1.82) is 0 Å². The Morgan fingerprint density at radius 1 is 1.36 bits per heavy atom. The number of nitrogens with one attached hydrogen (secondary N) is 1. The number of pyridine rings is 1. The minimum Gasteiger partial charge on any atom is -0.444 e. The van der Waals surface area contributed by atoms with Crippen molar-refractivity contribution in [3.63, 3.8) is 0 Å². The van der Waals surface area contributed by atoms with Crippen LogP contribution in [0.5, 0.6) is 0 Å². The number of fused-ring (bicyclic) bond motifs is 1. The number of piperidine rings is 1. The summed E-state index contributed by atoms with van der Waals surface area (Å²) in [5, 5.41) is 1.19. The molecule has 0 unspecified atom stereocenters. The summed E-state index contributed by atoms with van der Waals surface area (Å²) in [7, 11) is 0. The summed E-state index contributed by atoms with van der Waals surface area (Å²) in [4.78, 5) is 21.5. The van der Waals surface area contributed by atoms with Gasteiger partial charge in [-0.2, -0.15) is 0 Å². The molecule has 1 aliphatic rings. The number of hydrogen-bond acceptors (Lipinski definition) is 3. The lowest BCUT2D eigenvalue weighted by Crippen LogP contribution is -2.41. The Bertz CT molecular complexity index is 664. The van der Waals surface area contributed by atoms with Gasteiger partial charge in [-0.15, -0.1) is 0 Å². The summed E-state index contributed by atoms with van der Waals surface area (Å²) < 4.78 is 5.44. The highest BCUT2D eigenvalue weighted by molar-refractivity contribution is 5.80. The third-order valence-corrected chi connectivity index (χ3v) is 4.07. The number of hydrogen-bond donors (Lipinski definition) is 1. The van der Waals surface area contributed by atoms with Crippen LogP contribution in [0.1, 0.15) is 45.1 Å². The number of rotatable bonds is 1. The van der Waals surface area contributed by atoms with Crippen molar-refractivity contribution in [1.82, 2.24) is 14.9 Å². The van der Waals surface area contributed by atoms with Crippen LogP contribution in [-0.2, 0) is 4.74 Å². The van der Waals surface area contributed by atoms with Crippen molar-refractivity contribution in [3.8, 4) is 0 Å². The Morgan fingerprint density at radius 3 is 2.77 bits per heavy atom. The van der Waals surface area contributed by atoms with Crippen LogP contribution in [0.4, 0.5) is 4.79 Å². The average molecular weight is 301 g/mol. The molecule has 2 aromatic heterocycles. The van der Waals surface area contributed by atoms with E-state index in [0.29, 0.717) is 5.92 Å². The van der Waals surface area contributed by atoms with Gasteiger partial charge < -0.3 is 14.6 Å².